The fraction of sp³-hybridized carbons (Fsp3) is 0.571. The third-order valence-electron chi connectivity index (χ3n) is 3.05. The normalized spacial score (nSPS) is 16.4. The summed E-state index contributed by atoms with van der Waals surface area (Å²) in [6.45, 7) is 6.39. The molecule has 1 aromatic rings. The first-order chi connectivity index (χ1) is 8.81. The molecule has 0 radical (unpaired) electrons. The van der Waals surface area contributed by atoms with Gasteiger partial charge in [0.15, 0.2) is 0 Å². The molecule has 4 nitrogen and oxygen atoms in total. The van der Waals surface area contributed by atoms with Gasteiger partial charge in [-0.25, -0.2) is 0 Å². The van der Waals surface area contributed by atoms with Crippen LogP contribution in [-0.2, 0) is 4.74 Å². The Balaban J connectivity index is 2.11. The van der Waals surface area contributed by atoms with Crippen molar-refractivity contribution in [1.82, 2.24) is 0 Å². The van der Waals surface area contributed by atoms with Gasteiger partial charge in [-0.3, -0.25) is 0 Å². The number of rotatable bonds is 4. The minimum Gasteiger partial charge on any atom is -0.491 e. The van der Waals surface area contributed by atoms with Gasteiger partial charge >= 0.3 is 0 Å². The number of hydrogen-bond donors (Lipinski definition) is 1. The third kappa shape index (κ3) is 3.29. The predicted octanol–water partition coefficient (Wildman–Crippen LogP) is 2.28. The van der Waals surface area contributed by atoms with Gasteiger partial charge in [-0.05, 0) is 25.0 Å². The van der Waals surface area contributed by atoms with Crippen LogP contribution >= 0.6 is 0 Å². The molecule has 100 valence electrons. The molecule has 1 heterocycles. The van der Waals surface area contributed by atoms with E-state index in [0.717, 1.165) is 44.9 Å². The highest BCUT2D eigenvalue weighted by atomic mass is 16.5. The molecule has 1 aliphatic heterocycles. The Bertz CT molecular complexity index is 374. The molecule has 1 fully saturated rings. The Morgan fingerprint density at radius 1 is 1.33 bits per heavy atom. The molecule has 0 bridgehead atoms. The zero-order valence-electron chi connectivity index (χ0n) is 11.0. The van der Waals surface area contributed by atoms with Crippen LogP contribution in [0.1, 0.15) is 19.8 Å². The van der Waals surface area contributed by atoms with Crippen molar-refractivity contribution < 1.29 is 9.47 Å². The van der Waals surface area contributed by atoms with E-state index in [0.29, 0.717) is 12.3 Å². The summed E-state index contributed by atoms with van der Waals surface area (Å²) in [5, 5.41) is 0. The molecule has 0 amide bonds. The second-order valence-corrected chi connectivity index (χ2v) is 4.52. The summed E-state index contributed by atoms with van der Waals surface area (Å²) < 4.78 is 11.1. The average Bonchev–Trinajstić information content (AvgIpc) is 2.67. The maximum absolute atomic E-state index is 5.92. The summed E-state index contributed by atoms with van der Waals surface area (Å²) in [4.78, 5) is 2.32. The Hall–Kier alpha value is -1.42. The van der Waals surface area contributed by atoms with Crippen LogP contribution in [0.15, 0.2) is 18.2 Å². The molecule has 0 saturated carbocycles. The lowest BCUT2D eigenvalue weighted by atomic mass is 10.2. The quantitative estimate of drug-likeness (QED) is 0.833. The molecule has 1 aromatic carbocycles. The van der Waals surface area contributed by atoms with Crippen molar-refractivity contribution in [3.63, 3.8) is 0 Å². The first kappa shape index (κ1) is 13.0. The third-order valence-corrected chi connectivity index (χ3v) is 3.05. The number of hydrogen-bond acceptors (Lipinski definition) is 4. The van der Waals surface area contributed by atoms with Crippen molar-refractivity contribution in [2.45, 2.75) is 19.8 Å². The summed E-state index contributed by atoms with van der Waals surface area (Å²) in [5.74, 6) is 0.791. The molecule has 0 unspecified atom stereocenters. The van der Waals surface area contributed by atoms with Gasteiger partial charge in [-0.1, -0.05) is 6.92 Å². The summed E-state index contributed by atoms with van der Waals surface area (Å²) in [7, 11) is 0. The number of nitrogens with zero attached hydrogens (tertiary/aromatic N) is 1. The lowest BCUT2D eigenvalue weighted by molar-refractivity contribution is 0.152. The highest BCUT2D eigenvalue weighted by Gasteiger charge is 2.12. The Morgan fingerprint density at radius 3 is 3.06 bits per heavy atom. The van der Waals surface area contributed by atoms with Crippen molar-refractivity contribution in [3.8, 4) is 5.75 Å². The van der Waals surface area contributed by atoms with Crippen LogP contribution in [0.4, 0.5) is 11.4 Å². The maximum Gasteiger partial charge on any atom is 0.144 e. The van der Waals surface area contributed by atoms with Crippen LogP contribution in [0.3, 0.4) is 0 Å². The van der Waals surface area contributed by atoms with Crippen LogP contribution in [0.2, 0.25) is 0 Å². The highest BCUT2D eigenvalue weighted by molar-refractivity contribution is 5.62. The van der Waals surface area contributed by atoms with Crippen LogP contribution in [0.25, 0.3) is 0 Å². The van der Waals surface area contributed by atoms with E-state index in [1.807, 2.05) is 12.1 Å². The summed E-state index contributed by atoms with van der Waals surface area (Å²) >= 11 is 0. The van der Waals surface area contributed by atoms with E-state index < -0.39 is 0 Å². The van der Waals surface area contributed by atoms with Crippen molar-refractivity contribution >= 4 is 11.4 Å². The van der Waals surface area contributed by atoms with Gasteiger partial charge in [0.05, 0.1) is 18.9 Å². The molecule has 4 heteroatoms. The minimum absolute atomic E-state index is 0.705. The van der Waals surface area contributed by atoms with Crippen molar-refractivity contribution in [3.05, 3.63) is 18.2 Å². The molecule has 2 N–H and O–H groups in total. The summed E-state index contributed by atoms with van der Waals surface area (Å²) in [6.07, 6.45) is 2.05. The zero-order valence-corrected chi connectivity index (χ0v) is 11.0. The second-order valence-electron chi connectivity index (χ2n) is 4.52. The van der Waals surface area contributed by atoms with Crippen molar-refractivity contribution in [2.75, 3.05) is 43.5 Å². The Morgan fingerprint density at radius 2 is 2.22 bits per heavy atom. The van der Waals surface area contributed by atoms with Crippen LogP contribution < -0.4 is 15.4 Å². The lowest BCUT2D eigenvalue weighted by Gasteiger charge is -2.23. The van der Waals surface area contributed by atoms with Crippen LogP contribution in [0.5, 0.6) is 5.75 Å². The molecule has 0 aliphatic carbocycles. The monoisotopic (exact) mass is 250 g/mol. The molecule has 0 aromatic heterocycles. The molecule has 1 aliphatic rings. The number of benzene rings is 1. The molecule has 1 saturated heterocycles. The fourth-order valence-corrected chi connectivity index (χ4v) is 2.06. The van der Waals surface area contributed by atoms with Gasteiger partial charge in [0.2, 0.25) is 0 Å². The first-order valence-corrected chi connectivity index (χ1v) is 6.66. The van der Waals surface area contributed by atoms with Gasteiger partial charge in [-0.2, -0.15) is 0 Å². The van der Waals surface area contributed by atoms with E-state index in [9.17, 15) is 0 Å². The van der Waals surface area contributed by atoms with E-state index in [1.165, 1.54) is 5.69 Å². The SMILES string of the molecule is CCCOc1cc(N2CCCOCC2)ccc1N. The van der Waals surface area contributed by atoms with E-state index in [-0.39, 0.29) is 0 Å². The van der Waals surface area contributed by atoms with Crippen molar-refractivity contribution in [2.24, 2.45) is 0 Å². The van der Waals surface area contributed by atoms with Gasteiger partial charge in [0, 0.05) is 31.5 Å². The smallest absolute Gasteiger partial charge is 0.144 e. The van der Waals surface area contributed by atoms with Gasteiger partial charge in [0.25, 0.3) is 0 Å². The molecular formula is C14H22N2O2. The van der Waals surface area contributed by atoms with Crippen LogP contribution in [0, 0.1) is 0 Å². The van der Waals surface area contributed by atoms with Gasteiger partial charge in [0.1, 0.15) is 5.75 Å². The number of nitrogen functional groups attached to an aromatic ring is 1. The second kappa shape index (κ2) is 6.50. The topological polar surface area (TPSA) is 47.7 Å². The molecule has 2 rings (SSSR count). The standard InChI is InChI=1S/C14H22N2O2/c1-2-8-18-14-11-12(4-5-13(14)15)16-6-3-9-17-10-7-16/h4-5,11H,2-3,6-10,15H2,1H3. The molecule has 0 spiro atoms. The van der Waals surface area contributed by atoms with Gasteiger partial charge < -0.3 is 20.1 Å². The largest absolute Gasteiger partial charge is 0.491 e. The molecule has 0 atom stereocenters. The minimum atomic E-state index is 0.705. The van der Waals surface area contributed by atoms with E-state index in [4.69, 9.17) is 15.2 Å². The van der Waals surface area contributed by atoms with E-state index >= 15 is 0 Å². The maximum atomic E-state index is 5.92. The zero-order chi connectivity index (χ0) is 12.8. The van der Waals surface area contributed by atoms with Crippen molar-refractivity contribution in [1.29, 1.82) is 0 Å². The highest BCUT2D eigenvalue weighted by Crippen LogP contribution is 2.28. The van der Waals surface area contributed by atoms with E-state index in [1.54, 1.807) is 0 Å². The predicted molar refractivity (Wildman–Crippen MR) is 74.3 cm³/mol. The number of anilines is 2. The number of ether oxygens (including phenoxy) is 2. The summed E-state index contributed by atoms with van der Waals surface area (Å²) in [6, 6.07) is 6.02. The first-order valence-electron chi connectivity index (χ1n) is 6.66. The van der Waals surface area contributed by atoms with Crippen LogP contribution in [-0.4, -0.2) is 32.9 Å². The average molecular weight is 250 g/mol. The number of nitrogens with two attached hydrogens (primary N) is 1. The fourth-order valence-electron chi connectivity index (χ4n) is 2.06. The molecule has 18 heavy (non-hydrogen) atoms. The van der Waals surface area contributed by atoms with E-state index in [2.05, 4.69) is 17.9 Å². The summed E-state index contributed by atoms with van der Waals surface area (Å²) in [5.41, 5.74) is 7.80. The Labute approximate surface area is 109 Å². The van der Waals surface area contributed by atoms with Gasteiger partial charge in [-0.15, -0.1) is 0 Å². The Kier molecular flexibility index (Phi) is 4.70. The lowest BCUT2D eigenvalue weighted by Crippen LogP contribution is -2.25. The molecular weight excluding hydrogens is 228 g/mol.